The van der Waals surface area contributed by atoms with Crippen LogP contribution in [0.15, 0.2) is 16.7 Å². The van der Waals surface area contributed by atoms with E-state index in [1.54, 1.807) is 26.4 Å². The van der Waals surface area contributed by atoms with Gasteiger partial charge < -0.3 is 24.1 Å². The van der Waals surface area contributed by atoms with Gasteiger partial charge in [0.15, 0.2) is 11.5 Å². The van der Waals surface area contributed by atoms with Crippen LogP contribution >= 0.6 is 24.0 Å². The lowest BCUT2D eigenvalue weighted by Crippen LogP contribution is -2.18. The zero-order valence-corrected chi connectivity index (χ0v) is 14.7. The highest BCUT2D eigenvalue weighted by molar-refractivity contribution is 6.32. The van der Waals surface area contributed by atoms with E-state index in [4.69, 9.17) is 30.3 Å². The molecule has 1 aromatic heterocycles. The number of nitrogens with zero attached hydrogens (tertiary/aromatic N) is 2. The standard InChI is InChI=1S/C14H18ClN3O4.ClH/c1-19-5-4-16-8-12-17-14(18-22-12)9-6-10(15)13(21-3)11(7-9)20-2;/h6-7,16H,4-5,8H2,1-3H3;1H. The molecule has 0 unspecified atom stereocenters. The molecule has 0 fully saturated rings. The van der Waals surface area contributed by atoms with Gasteiger partial charge >= 0.3 is 0 Å². The van der Waals surface area contributed by atoms with Crippen molar-refractivity contribution < 1.29 is 18.7 Å². The molecular formula is C14H19Cl2N3O4. The molecule has 2 rings (SSSR count). The summed E-state index contributed by atoms with van der Waals surface area (Å²) in [5.41, 5.74) is 0.689. The van der Waals surface area contributed by atoms with Gasteiger partial charge in [0.05, 0.1) is 32.4 Å². The van der Waals surface area contributed by atoms with Crippen LogP contribution in [-0.4, -0.2) is 44.6 Å². The first-order valence-electron chi connectivity index (χ1n) is 6.63. The molecule has 128 valence electrons. The molecule has 0 aliphatic rings. The average molecular weight is 364 g/mol. The third-order valence-electron chi connectivity index (χ3n) is 2.92. The third-order valence-corrected chi connectivity index (χ3v) is 3.20. The highest BCUT2D eigenvalue weighted by Gasteiger charge is 2.15. The molecule has 7 nitrogen and oxygen atoms in total. The Bertz CT molecular complexity index is 622. The first kappa shape index (κ1) is 19.5. The topological polar surface area (TPSA) is 78.6 Å². The average Bonchev–Trinajstić information content (AvgIpc) is 2.99. The van der Waals surface area contributed by atoms with E-state index in [-0.39, 0.29) is 12.4 Å². The molecule has 1 heterocycles. The van der Waals surface area contributed by atoms with Crippen LogP contribution < -0.4 is 14.8 Å². The van der Waals surface area contributed by atoms with E-state index in [9.17, 15) is 0 Å². The SMILES string of the molecule is COCCNCc1nc(-c2cc(Cl)c(OC)c(OC)c2)no1.Cl. The highest BCUT2D eigenvalue weighted by atomic mass is 35.5. The Balaban J connectivity index is 0.00000264. The van der Waals surface area contributed by atoms with Gasteiger partial charge in [0, 0.05) is 19.2 Å². The molecule has 0 amide bonds. The number of rotatable bonds is 8. The molecule has 2 aromatic rings. The Hall–Kier alpha value is -1.54. The van der Waals surface area contributed by atoms with Gasteiger partial charge in [-0.25, -0.2) is 0 Å². The molecule has 0 spiro atoms. The second-order valence-electron chi connectivity index (χ2n) is 4.37. The smallest absolute Gasteiger partial charge is 0.240 e. The fourth-order valence-corrected chi connectivity index (χ4v) is 2.15. The number of halogens is 2. The summed E-state index contributed by atoms with van der Waals surface area (Å²) in [5, 5.41) is 7.49. The Morgan fingerprint density at radius 3 is 2.65 bits per heavy atom. The van der Waals surface area contributed by atoms with E-state index >= 15 is 0 Å². The van der Waals surface area contributed by atoms with Crippen molar-refractivity contribution in [3.63, 3.8) is 0 Å². The molecule has 1 N–H and O–H groups in total. The summed E-state index contributed by atoms with van der Waals surface area (Å²) < 4.78 is 20.6. The maximum atomic E-state index is 6.17. The minimum Gasteiger partial charge on any atom is -0.493 e. The van der Waals surface area contributed by atoms with Crippen LogP contribution in [-0.2, 0) is 11.3 Å². The fraction of sp³-hybridized carbons (Fsp3) is 0.429. The number of nitrogens with one attached hydrogen (secondary N) is 1. The molecule has 0 saturated carbocycles. The molecule has 0 aliphatic carbocycles. The van der Waals surface area contributed by atoms with Gasteiger partial charge in [-0.1, -0.05) is 16.8 Å². The van der Waals surface area contributed by atoms with Crippen molar-refractivity contribution in [2.24, 2.45) is 0 Å². The molecule has 0 aliphatic heterocycles. The lowest BCUT2D eigenvalue weighted by atomic mass is 10.2. The van der Waals surface area contributed by atoms with Crippen molar-refractivity contribution in [1.82, 2.24) is 15.5 Å². The van der Waals surface area contributed by atoms with Gasteiger partial charge in [0.1, 0.15) is 0 Å². The van der Waals surface area contributed by atoms with Crippen molar-refractivity contribution in [3.05, 3.63) is 23.0 Å². The van der Waals surface area contributed by atoms with Gasteiger partial charge in [-0.15, -0.1) is 12.4 Å². The van der Waals surface area contributed by atoms with E-state index in [1.165, 1.54) is 7.11 Å². The van der Waals surface area contributed by atoms with E-state index < -0.39 is 0 Å². The van der Waals surface area contributed by atoms with Gasteiger partial charge in [-0.05, 0) is 12.1 Å². The number of hydrogen-bond donors (Lipinski definition) is 1. The minimum absolute atomic E-state index is 0. The molecule has 0 saturated heterocycles. The number of hydrogen-bond acceptors (Lipinski definition) is 7. The van der Waals surface area contributed by atoms with Crippen LogP contribution in [0.25, 0.3) is 11.4 Å². The maximum absolute atomic E-state index is 6.17. The van der Waals surface area contributed by atoms with Crippen molar-refractivity contribution in [2.75, 3.05) is 34.5 Å². The summed E-state index contributed by atoms with van der Waals surface area (Å²) in [5.74, 6) is 1.90. The fourth-order valence-electron chi connectivity index (χ4n) is 1.86. The predicted molar refractivity (Wildman–Crippen MR) is 88.7 cm³/mol. The molecule has 23 heavy (non-hydrogen) atoms. The van der Waals surface area contributed by atoms with Crippen LogP contribution in [0.4, 0.5) is 0 Å². The maximum Gasteiger partial charge on any atom is 0.240 e. The van der Waals surface area contributed by atoms with Crippen molar-refractivity contribution in [3.8, 4) is 22.9 Å². The summed E-state index contributed by atoms with van der Waals surface area (Å²) in [6.45, 7) is 1.79. The van der Waals surface area contributed by atoms with Crippen LogP contribution in [0.3, 0.4) is 0 Å². The van der Waals surface area contributed by atoms with Gasteiger partial charge in [0.25, 0.3) is 0 Å². The van der Waals surface area contributed by atoms with Gasteiger partial charge in [-0.2, -0.15) is 4.98 Å². The summed E-state index contributed by atoms with van der Waals surface area (Å²) in [6, 6.07) is 3.45. The summed E-state index contributed by atoms with van der Waals surface area (Å²) in [4.78, 5) is 4.31. The molecule has 0 bridgehead atoms. The summed E-state index contributed by atoms with van der Waals surface area (Å²) >= 11 is 6.17. The monoisotopic (exact) mass is 363 g/mol. The van der Waals surface area contributed by atoms with Gasteiger partial charge in [-0.3, -0.25) is 0 Å². The molecule has 9 heteroatoms. The lowest BCUT2D eigenvalue weighted by molar-refractivity contribution is 0.197. The van der Waals surface area contributed by atoms with Gasteiger partial charge in [0.2, 0.25) is 11.7 Å². The Morgan fingerprint density at radius 2 is 2.00 bits per heavy atom. The van der Waals surface area contributed by atoms with E-state index in [2.05, 4.69) is 15.5 Å². The third kappa shape index (κ3) is 4.97. The second kappa shape index (κ2) is 9.57. The minimum atomic E-state index is 0. The Kier molecular flexibility index (Phi) is 8.11. The van der Waals surface area contributed by atoms with Crippen LogP contribution in [0.5, 0.6) is 11.5 Å². The molecule has 1 aromatic carbocycles. The second-order valence-corrected chi connectivity index (χ2v) is 4.78. The number of benzene rings is 1. The van der Waals surface area contributed by atoms with Crippen molar-refractivity contribution in [1.29, 1.82) is 0 Å². The van der Waals surface area contributed by atoms with Crippen molar-refractivity contribution in [2.45, 2.75) is 6.54 Å². The summed E-state index contributed by atoms with van der Waals surface area (Å²) in [7, 11) is 4.72. The Morgan fingerprint density at radius 1 is 1.22 bits per heavy atom. The first-order chi connectivity index (χ1) is 10.7. The van der Waals surface area contributed by atoms with E-state index in [1.807, 2.05) is 0 Å². The molecular weight excluding hydrogens is 345 g/mol. The molecule has 0 radical (unpaired) electrons. The predicted octanol–water partition coefficient (Wildman–Crippen LogP) is 2.57. The van der Waals surface area contributed by atoms with Crippen molar-refractivity contribution >= 4 is 24.0 Å². The van der Waals surface area contributed by atoms with Crippen LogP contribution in [0.1, 0.15) is 5.89 Å². The first-order valence-corrected chi connectivity index (χ1v) is 7.01. The number of aromatic nitrogens is 2. The number of ether oxygens (including phenoxy) is 3. The largest absolute Gasteiger partial charge is 0.493 e. The Labute approximate surface area is 145 Å². The normalized spacial score (nSPS) is 10.3. The number of methoxy groups -OCH3 is 3. The quantitative estimate of drug-likeness (QED) is 0.721. The summed E-state index contributed by atoms with van der Waals surface area (Å²) in [6.07, 6.45) is 0. The molecule has 0 atom stereocenters. The zero-order valence-electron chi connectivity index (χ0n) is 13.1. The highest BCUT2D eigenvalue weighted by Crippen LogP contribution is 2.38. The van der Waals surface area contributed by atoms with E-state index in [0.29, 0.717) is 53.5 Å². The van der Waals surface area contributed by atoms with Crippen LogP contribution in [0.2, 0.25) is 5.02 Å². The lowest BCUT2D eigenvalue weighted by Gasteiger charge is -2.10. The zero-order chi connectivity index (χ0) is 15.9. The van der Waals surface area contributed by atoms with Crippen LogP contribution in [0, 0.1) is 0 Å². The van der Waals surface area contributed by atoms with E-state index in [0.717, 1.165) is 0 Å².